The van der Waals surface area contributed by atoms with Gasteiger partial charge in [-0.2, -0.15) is 11.8 Å². The third kappa shape index (κ3) is 7.32. The topological polar surface area (TPSA) is 101 Å². The number of likely N-dealkylation sites (tertiary alicyclic amines) is 1. The molecule has 1 aliphatic rings. The zero-order valence-corrected chi connectivity index (χ0v) is 17.3. The summed E-state index contributed by atoms with van der Waals surface area (Å²) in [7, 11) is 0. The minimum Gasteiger partial charge on any atom is -0.368 e. The van der Waals surface area contributed by atoms with E-state index in [0.29, 0.717) is 13.0 Å². The van der Waals surface area contributed by atoms with Gasteiger partial charge in [-0.25, -0.2) is 0 Å². The molecular weight excluding hydrogens is 395 g/mol. The highest BCUT2D eigenvalue weighted by atomic mass is 35.5. The summed E-state index contributed by atoms with van der Waals surface area (Å²) in [6, 6.07) is 6.96. The Balaban J connectivity index is 0.00000312. The number of benzene rings is 1. The molecule has 0 saturated carbocycles. The molecule has 1 fully saturated rings. The lowest BCUT2D eigenvalue weighted by Gasteiger charge is -2.22. The van der Waals surface area contributed by atoms with Crippen LogP contribution in [0.25, 0.3) is 0 Å². The van der Waals surface area contributed by atoms with Crippen molar-refractivity contribution < 1.29 is 9.59 Å². The average molecular weight is 423 g/mol. The first-order chi connectivity index (χ1) is 11.5. The van der Waals surface area contributed by atoms with Crippen LogP contribution in [0.4, 0.5) is 5.69 Å². The quantitative estimate of drug-likeness (QED) is 0.594. The van der Waals surface area contributed by atoms with Gasteiger partial charge in [0, 0.05) is 12.2 Å². The first-order valence-electron chi connectivity index (χ1n) is 8.19. The zero-order chi connectivity index (χ0) is 17.5. The van der Waals surface area contributed by atoms with Gasteiger partial charge in [-0.15, -0.1) is 24.8 Å². The maximum atomic E-state index is 12.1. The predicted octanol–water partition coefficient (Wildman–Crippen LogP) is 2.00. The minimum atomic E-state index is -0.501. The molecule has 0 aliphatic carbocycles. The third-order valence-corrected chi connectivity index (χ3v) is 4.89. The average Bonchev–Trinajstić information content (AvgIpc) is 3.01. The van der Waals surface area contributed by atoms with Crippen molar-refractivity contribution in [3.05, 3.63) is 29.8 Å². The lowest BCUT2D eigenvalue weighted by molar-refractivity contribution is -0.122. The first kappa shape index (κ1) is 25.0. The monoisotopic (exact) mass is 422 g/mol. The molecule has 26 heavy (non-hydrogen) atoms. The van der Waals surface area contributed by atoms with Crippen LogP contribution < -0.4 is 16.8 Å². The molecule has 0 spiro atoms. The van der Waals surface area contributed by atoms with Gasteiger partial charge >= 0.3 is 0 Å². The van der Waals surface area contributed by atoms with Crippen molar-refractivity contribution in [1.29, 1.82) is 0 Å². The smallest absolute Gasteiger partial charge is 0.241 e. The number of hydrogen-bond donors (Lipinski definition) is 3. The summed E-state index contributed by atoms with van der Waals surface area (Å²) < 4.78 is 0. The summed E-state index contributed by atoms with van der Waals surface area (Å²) in [4.78, 5) is 25.7. The van der Waals surface area contributed by atoms with E-state index < -0.39 is 6.04 Å². The molecule has 2 atom stereocenters. The lowest BCUT2D eigenvalue weighted by Crippen LogP contribution is -2.39. The van der Waals surface area contributed by atoms with Crippen LogP contribution in [0.3, 0.4) is 0 Å². The van der Waals surface area contributed by atoms with Crippen LogP contribution >= 0.6 is 36.6 Å². The van der Waals surface area contributed by atoms with Gasteiger partial charge in [0.15, 0.2) is 0 Å². The standard InChI is InChI=1S/C17H26N4O2S.2ClH/c1-24-9-7-14(18)17(23)20-13-5-2-4-12(10-13)11-21-8-3-6-15(21)16(19)22;;/h2,4-5,10,14-15H,3,6-9,11,18H2,1H3,(H2,19,22)(H,20,23);2*1H/t14-,15?;;/m0../s1. The summed E-state index contributed by atoms with van der Waals surface area (Å²) in [5, 5.41) is 2.87. The second-order valence-corrected chi connectivity index (χ2v) is 7.09. The number of carbonyl (C=O) groups is 2. The Morgan fingerprint density at radius 2 is 2.12 bits per heavy atom. The van der Waals surface area contributed by atoms with Gasteiger partial charge in [-0.1, -0.05) is 12.1 Å². The Labute approximate surface area is 171 Å². The van der Waals surface area contributed by atoms with Gasteiger partial charge in [-0.05, 0) is 55.5 Å². The van der Waals surface area contributed by atoms with Crippen LogP contribution in [0.5, 0.6) is 0 Å². The van der Waals surface area contributed by atoms with Crippen molar-refractivity contribution in [2.45, 2.75) is 37.9 Å². The number of carbonyl (C=O) groups excluding carboxylic acids is 2. The highest BCUT2D eigenvalue weighted by Gasteiger charge is 2.28. The maximum Gasteiger partial charge on any atom is 0.241 e. The second-order valence-electron chi connectivity index (χ2n) is 6.11. The van der Waals surface area contributed by atoms with Crippen LogP contribution in [-0.4, -0.2) is 47.4 Å². The molecule has 1 saturated heterocycles. The predicted molar refractivity (Wildman–Crippen MR) is 113 cm³/mol. The largest absolute Gasteiger partial charge is 0.368 e. The van der Waals surface area contributed by atoms with Crippen molar-refractivity contribution >= 4 is 54.1 Å². The van der Waals surface area contributed by atoms with Gasteiger partial charge in [0.25, 0.3) is 0 Å². The highest BCUT2D eigenvalue weighted by Crippen LogP contribution is 2.21. The van der Waals surface area contributed by atoms with Crippen LogP contribution in [0.15, 0.2) is 24.3 Å². The van der Waals surface area contributed by atoms with Crippen molar-refractivity contribution in [3.8, 4) is 0 Å². The molecule has 1 heterocycles. The Morgan fingerprint density at radius 3 is 2.77 bits per heavy atom. The number of nitrogens with zero attached hydrogens (tertiary/aromatic N) is 1. The Kier molecular flexibility index (Phi) is 11.9. The number of primary amides is 1. The fourth-order valence-electron chi connectivity index (χ4n) is 2.93. The molecule has 9 heteroatoms. The van der Waals surface area contributed by atoms with E-state index in [-0.39, 0.29) is 42.7 Å². The number of amides is 2. The Bertz CT molecular complexity index is 592. The first-order valence-corrected chi connectivity index (χ1v) is 9.58. The second kappa shape index (κ2) is 12.4. The van der Waals surface area contributed by atoms with Crippen LogP contribution in [0.1, 0.15) is 24.8 Å². The molecule has 1 aromatic rings. The van der Waals surface area contributed by atoms with E-state index in [0.717, 1.165) is 36.4 Å². The number of nitrogens with two attached hydrogens (primary N) is 2. The fourth-order valence-corrected chi connectivity index (χ4v) is 3.42. The number of halogens is 2. The van der Waals surface area contributed by atoms with Gasteiger partial charge in [-0.3, -0.25) is 14.5 Å². The molecule has 2 amide bonds. The van der Waals surface area contributed by atoms with Crippen molar-refractivity contribution in [2.24, 2.45) is 11.5 Å². The Hall–Kier alpha value is -0.990. The number of anilines is 1. The summed E-state index contributed by atoms with van der Waals surface area (Å²) in [5.41, 5.74) is 13.1. The molecule has 0 aromatic heterocycles. The highest BCUT2D eigenvalue weighted by molar-refractivity contribution is 7.98. The summed E-state index contributed by atoms with van der Waals surface area (Å²) >= 11 is 1.67. The van der Waals surface area contributed by atoms with Crippen molar-refractivity contribution in [1.82, 2.24) is 4.90 Å². The molecular formula is C17H28Cl2N4O2S. The van der Waals surface area contributed by atoms with Gasteiger partial charge < -0.3 is 16.8 Å². The summed E-state index contributed by atoms with van der Waals surface area (Å²) in [6.45, 7) is 1.51. The number of nitrogens with one attached hydrogen (secondary N) is 1. The molecule has 6 nitrogen and oxygen atoms in total. The third-order valence-electron chi connectivity index (χ3n) is 4.24. The van der Waals surface area contributed by atoms with E-state index in [9.17, 15) is 9.59 Å². The molecule has 0 bridgehead atoms. The normalized spacial score (nSPS) is 17.7. The Morgan fingerprint density at radius 1 is 1.38 bits per heavy atom. The molecule has 0 radical (unpaired) electrons. The lowest BCUT2D eigenvalue weighted by atomic mass is 10.1. The van der Waals surface area contributed by atoms with Crippen LogP contribution in [-0.2, 0) is 16.1 Å². The number of hydrogen-bond acceptors (Lipinski definition) is 5. The van der Waals surface area contributed by atoms with E-state index in [1.54, 1.807) is 11.8 Å². The molecule has 1 unspecified atom stereocenters. The van der Waals surface area contributed by atoms with Crippen LogP contribution in [0.2, 0.25) is 0 Å². The zero-order valence-electron chi connectivity index (χ0n) is 14.8. The van der Waals surface area contributed by atoms with E-state index >= 15 is 0 Å². The maximum absolute atomic E-state index is 12.1. The number of thioether (sulfide) groups is 1. The van der Waals surface area contributed by atoms with E-state index in [1.165, 1.54) is 0 Å². The molecule has 5 N–H and O–H groups in total. The SMILES string of the molecule is CSCC[C@H](N)C(=O)Nc1cccc(CN2CCCC2C(N)=O)c1.Cl.Cl. The van der Waals surface area contributed by atoms with Crippen LogP contribution in [0, 0.1) is 0 Å². The van der Waals surface area contributed by atoms with Gasteiger partial charge in [0.2, 0.25) is 11.8 Å². The van der Waals surface area contributed by atoms with Gasteiger partial charge in [0.1, 0.15) is 0 Å². The van der Waals surface area contributed by atoms with Crippen molar-refractivity contribution in [3.63, 3.8) is 0 Å². The fraction of sp³-hybridized carbons (Fsp3) is 0.529. The summed E-state index contributed by atoms with van der Waals surface area (Å²) in [5.74, 6) is 0.423. The van der Waals surface area contributed by atoms with E-state index in [1.807, 2.05) is 30.5 Å². The molecule has 1 aromatic carbocycles. The number of rotatable bonds is 8. The van der Waals surface area contributed by atoms with Crippen molar-refractivity contribution in [2.75, 3.05) is 23.9 Å². The van der Waals surface area contributed by atoms with Gasteiger partial charge in [0.05, 0.1) is 12.1 Å². The van der Waals surface area contributed by atoms with E-state index in [2.05, 4.69) is 10.2 Å². The molecule has 148 valence electrons. The molecule has 2 rings (SSSR count). The summed E-state index contributed by atoms with van der Waals surface area (Å²) in [6.07, 6.45) is 4.44. The minimum absolute atomic E-state index is 0. The molecule has 1 aliphatic heterocycles. The van der Waals surface area contributed by atoms with E-state index in [4.69, 9.17) is 11.5 Å².